The summed E-state index contributed by atoms with van der Waals surface area (Å²) in [5.74, 6) is 0. The van der Waals surface area contributed by atoms with E-state index in [1.165, 1.54) is 93.8 Å². The second kappa shape index (κ2) is 14.1. The Morgan fingerprint density at radius 2 is 0.851 bits per heavy atom. The Kier molecular flexibility index (Phi) is 7.95. The van der Waals surface area contributed by atoms with Crippen molar-refractivity contribution in [2.75, 3.05) is 4.90 Å². The predicted octanol–water partition coefficient (Wildman–Crippen LogP) is 16.4. The number of para-hydroxylation sites is 5. The van der Waals surface area contributed by atoms with Crippen molar-refractivity contribution in [3.63, 3.8) is 0 Å². The molecule has 1 unspecified atom stereocenters. The number of hydrogen-bond donors (Lipinski definition) is 0. The van der Waals surface area contributed by atoms with Gasteiger partial charge in [-0.15, -0.1) is 0 Å². The second-order valence-corrected chi connectivity index (χ2v) is 18.9. The van der Waals surface area contributed by atoms with Gasteiger partial charge in [-0.3, -0.25) is 0 Å². The number of anilines is 3. The first-order valence-electron chi connectivity index (χ1n) is 23.4. The number of fused-ring (bicyclic) bond motifs is 14. The molecule has 0 saturated carbocycles. The molecular weight excluding hydrogens is 811 g/mol. The molecule has 3 heterocycles. The molecule has 0 saturated heterocycles. The highest BCUT2D eigenvalue weighted by molar-refractivity contribution is 6.13. The van der Waals surface area contributed by atoms with Crippen LogP contribution in [0.4, 0.5) is 17.1 Å². The highest BCUT2D eigenvalue weighted by Crippen LogP contribution is 2.61. The molecule has 316 valence electrons. The number of benzene rings is 10. The van der Waals surface area contributed by atoms with Crippen molar-refractivity contribution in [2.24, 2.45) is 0 Å². The maximum Gasteiger partial charge on any atom is 0.0748 e. The molecule has 10 aromatic carbocycles. The molecule has 1 spiro atoms. The van der Waals surface area contributed by atoms with Gasteiger partial charge in [0.15, 0.2) is 0 Å². The quantitative estimate of drug-likeness (QED) is 0.168. The van der Waals surface area contributed by atoms with Crippen molar-refractivity contribution in [3.8, 4) is 22.5 Å². The van der Waals surface area contributed by atoms with Crippen LogP contribution in [0, 0.1) is 0 Å². The molecule has 2 aliphatic rings. The summed E-state index contributed by atoms with van der Waals surface area (Å²) in [5, 5.41) is 5.04. The third-order valence-electron chi connectivity index (χ3n) is 15.2. The summed E-state index contributed by atoms with van der Waals surface area (Å²) in [6.45, 7) is 4.86. The number of aromatic nitrogens is 2. The highest BCUT2D eigenvalue weighted by atomic mass is 15.1. The number of hydrogen-bond acceptors (Lipinski definition) is 1. The van der Waals surface area contributed by atoms with Gasteiger partial charge in [-0.2, -0.15) is 0 Å². The van der Waals surface area contributed by atoms with E-state index in [2.05, 4.69) is 264 Å². The molecule has 3 heteroatoms. The Hall–Kier alpha value is -8.40. The summed E-state index contributed by atoms with van der Waals surface area (Å²) in [7, 11) is 0. The lowest BCUT2D eigenvalue weighted by Gasteiger charge is -2.50. The fourth-order valence-electron chi connectivity index (χ4n) is 12.3. The van der Waals surface area contributed by atoms with Crippen molar-refractivity contribution >= 4 is 60.7 Å². The average Bonchev–Trinajstić information content (AvgIpc) is 3.91. The van der Waals surface area contributed by atoms with E-state index >= 15 is 0 Å². The summed E-state index contributed by atoms with van der Waals surface area (Å²) in [6.07, 6.45) is 0. The van der Waals surface area contributed by atoms with Gasteiger partial charge in [0, 0.05) is 49.7 Å². The summed E-state index contributed by atoms with van der Waals surface area (Å²) >= 11 is 0. The van der Waals surface area contributed by atoms with Gasteiger partial charge in [-0.25, -0.2) is 0 Å². The van der Waals surface area contributed by atoms with E-state index in [0.29, 0.717) is 0 Å². The van der Waals surface area contributed by atoms with E-state index in [9.17, 15) is 0 Å². The van der Waals surface area contributed by atoms with Gasteiger partial charge in [0.1, 0.15) is 0 Å². The van der Waals surface area contributed by atoms with Crippen LogP contribution < -0.4 is 4.90 Å². The summed E-state index contributed by atoms with van der Waals surface area (Å²) in [6, 6.07) is 88.1. The average molecular weight is 856 g/mol. The van der Waals surface area contributed by atoms with E-state index in [1.807, 2.05) is 0 Å². The van der Waals surface area contributed by atoms with Gasteiger partial charge < -0.3 is 14.0 Å². The van der Waals surface area contributed by atoms with Gasteiger partial charge in [-0.1, -0.05) is 184 Å². The zero-order valence-corrected chi connectivity index (χ0v) is 37.4. The molecule has 2 aromatic heterocycles. The summed E-state index contributed by atoms with van der Waals surface area (Å²) in [4.78, 5) is 2.47. The smallest absolute Gasteiger partial charge is 0.0748 e. The predicted molar refractivity (Wildman–Crippen MR) is 279 cm³/mol. The van der Waals surface area contributed by atoms with Crippen LogP contribution in [0.15, 0.2) is 237 Å². The zero-order valence-electron chi connectivity index (χ0n) is 37.4. The van der Waals surface area contributed by atoms with Crippen LogP contribution in [0.1, 0.15) is 47.2 Å². The zero-order chi connectivity index (χ0) is 44.4. The van der Waals surface area contributed by atoms with E-state index in [1.54, 1.807) is 0 Å². The first-order valence-corrected chi connectivity index (χ1v) is 23.4. The molecule has 1 aliphatic heterocycles. The van der Waals surface area contributed by atoms with Crippen molar-refractivity contribution in [2.45, 2.75) is 24.7 Å². The molecule has 0 fully saturated rings. The Balaban J connectivity index is 1.05. The minimum Gasteiger partial charge on any atom is -0.310 e. The lowest BCUT2D eigenvalue weighted by Crippen LogP contribution is -2.44. The SMILES string of the molecule is CC1(C)c2ccccc2C2(c3ccccc3-n3c4ccccc4c4cccc2c43)c2ccc(N(c3ccc(-c4ccccc4)cc3)c3ccc4c5ccccc5n(-c5ccccc5)c4c3)cc21. The molecule has 14 rings (SSSR count). The Labute approximate surface area is 390 Å². The highest BCUT2D eigenvalue weighted by Gasteiger charge is 2.52. The number of nitrogens with zero attached hydrogens (tertiary/aromatic N) is 3. The van der Waals surface area contributed by atoms with E-state index < -0.39 is 5.41 Å². The Morgan fingerprint density at radius 1 is 0.328 bits per heavy atom. The van der Waals surface area contributed by atoms with Crippen LogP contribution in [-0.2, 0) is 10.8 Å². The van der Waals surface area contributed by atoms with Gasteiger partial charge >= 0.3 is 0 Å². The van der Waals surface area contributed by atoms with Crippen molar-refractivity contribution in [3.05, 3.63) is 270 Å². The van der Waals surface area contributed by atoms with Crippen molar-refractivity contribution in [1.29, 1.82) is 0 Å². The molecule has 0 N–H and O–H groups in total. The maximum absolute atomic E-state index is 2.53. The fourth-order valence-corrected chi connectivity index (χ4v) is 12.3. The minimum atomic E-state index is -0.571. The third kappa shape index (κ3) is 5.17. The largest absolute Gasteiger partial charge is 0.310 e. The van der Waals surface area contributed by atoms with E-state index in [0.717, 1.165) is 22.7 Å². The normalized spacial score (nSPS) is 15.5. The molecule has 0 amide bonds. The van der Waals surface area contributed by atoms with Gasteiger partial charge in [-0.05, 0) is 111 Å². The van der Waals surface area contributed by atoms with Crippen LogP contribution in [0.25, 0.3) is 66.1 Å². The molecular formula is C64H45N3. The maximum atomic E-state index is 2.53. The van der Waals surface area contributed by atoms with Crippen LogP contribution in [0.2, 0.25) is 0 Å². The second-order valence-electron chi connectivity index (χ2n) is 18.9. The Bertz CT molecular complexity index is 3950. The van der Waals surface area contributed by atoms with Crippen LogP contribution in [0.5, 0.6) is 0 Å². The molecule has 0 bridgehead atoms. The van der Waals surface area contributed by atoms with Crippen LogP contribution >= 0.6 is 0 Å². The first-order chi connectivity index (χ1) is 33.0. The molecule has 67 heavy (non-hydrogen) atoms. The standard InChI is InChI=1S/C64H45N3/c1-63(2)52-25-11-12-26-53(52)64(55-27-13-16-31-60(55)67-59-30-15-10-23-49(59)51-24-17-28-56(64)62(51)67)54-39-37-46(40-57(54)63)65(45-34-32-43(33-35-45)42-18-5-3-6-19-42)47-36-38-50-48-22-9-14-29-58(48)66(61(50)41-47)44-20-7-4-8-21-44/h3-41H,1-2H3. The summed E-state index contributed by atoms with van der Waals surface area (Å²) < 4.78 is 4.95. The first kappa shape index (κ1) is 37.9. The van der Waals surface area contributed by atoms with Crippen molar-refractivity contribution < 1.29 is 0 Å². The molecule has 1 atom stereocenters. The fraction of sp³-hybridized carbons (Fsp3) is 0.0625. The Morgan fingerprint density at radius 3 is 1.63 bits per heavy atom. The van der Waals surface area contributed by atoms with Crippen LogP contribution in [-0.4, -0.2) is 9.13 Å². The van der Waals surface area contributed by atoms with Gasteiger partial charge in [0.25, 0.3) is 0 Å². The molecule has 3 nitrogen and oxygen atoms in total. The monoisotopic (exact) mass is 855 g/mol. The lowest BCUT2D eigenvalue weighted by atomic mass is 9.53. The minimum absolute atomic E-state index is 0.327. The van der Waals surface area contributed by atoms with Gasteiger partial charge in [0.05, 0.1) is 33.2 Å². The van der Waals surface area contributed by atoms with E-state index in [-0.39, 0.29) is 5.41 Å². The third-order valence-corrected chi connectivity index (χ3v) is 15.2. The molecule has 0 radical (unpaired) electrons. The number of rotatable bonds is 5. The summed E-state index contributed by atoms with van der Waals surface area (Å²) in [5.41, 5.74) is 20.1. The van der Waals surface area contributed by atoms with Gasteiger partial charge in [0.2, 0.25) is 0 Å². The van der Waals surface area contributed by atoms with E-state index in [4.69, 9.17) is 0 Å². The topological polar surface area (TPSA) is 13.1 Å². The van der Waals surface area contributed by atoms with Crippen LogP contribution in [0.3, 0.4) is 0 Å². The lowest BCUT2D eigenvalue weighted by molar-refractivity contribution is 0.556. The molecule has 1 aliphatic carbocycles. The molecule has 12 aromatic rings. The van der Waals surface area contributed by atoms with Crippen molar-refractivity contribution in [1.82, 2.24) is 9.13 Å².